The fourth-order valence-electron chi connectivity index (χ4n) is 1.12. The van der Waals surface area contributed by atoms with E-state index >= 15 is 0 Å². The summed E-state index contributed by atoms with van der Waals surface area (Å²) in [6.45, 7) is 5.26. The maximum absolute atomic E-state index is 11.6. The zero-order valence-electron chi connectivity index (χ0n) is 9.68. The second kappa shape index (κ2) is 8.08. The van der Waals surface area contributed by atoms with E-state index in [9.17, 15) is 4.79 Å². The number of nitrogens with two attached hydrogens (primary N) is 1. The van der Waals surface area contributed by atoms with Gasteiger partial charge in [-0.15, -0.1) is 0 Å². The zero-order chi connectivity index (χ0) is 11.7. The lowest BCUT2D eigenvalue weighted by Gasteiger charge is -2.20. The lowest BCUT2D eigenvalue weighted by Crippen LogP contribution is -2.47. The molecular weight excluding hydrogens is 192 g/mol. The molecule has 15 heavy (non-hydrogen) atoms. The molecular formula is C10H22N4O. The maximum Gasteiger partial charge on any atom is 0.324 e. The van der Waals surface area contributed by atoms with Gasteiger partial charge in [-0.3, -0.25) is 10.3 Å². The van der Waals surface area contributed by atoms with Gasteiger partial charge in [-0.25, -0.2) is 4.79 Å². The molecule has 4 N–H and O–H groups in total. The van der Waals surface area contributed by atoms with Crippen LogP contribution in [0.2, 0.25) is 0 Å². The summed E-state index contributed by atoms with van der Waals surface area (Å²) >= 11 is 0. The van der Waals surface area contributed by atoms with Crippen molar-refractivity contribution in [2.45, 2.75) is 39.5 Å². The lowest BCUT2D eigenvalue weighted by atomic mass is 10.3. The van der Waals surface area contributed by atoms with Crippen LogP contribution in [0.25, 0.3) is 0 Å². The number of carbonyl (C=O) groups excluding carboxylic acids is 1. The second-order valence-electron chi connectivity index (χ2n) is 3.48. The van der Waals surface area contributed by atoms with Crippen molar-refractivity contribution in [1.82, 2.24) is 10.2 Å². The minimum Gasteiger partial charge on any atom is -0.370 e. The number of nitrogens with one attached hydrogen (secondary N) is 2. The van der Waals surface area contributed by atoms with Gasteiger partial charge in [0.1, 0.15) is 0 Å². The SMILES string of the molecule is CCCCNC(=O)N(CCCC)C(=N)N. The van der Waals surface area contributed by atoms with Crippen molar-refractivity contribution in [2.24, 2.45) is 5.73 Å². The highest BCUT2D eigenvalue weighted by molar-refractivity contribution is 5.93. The Balaban J connectivity index is 3.99. The van der Waals surface area contributed by atoms with Crippen LogP contribution in [0.5, 0.6) is 0 Å². The molecule has 0 aliphatic heterocycles. The second-order valence-corrected chi connectivity index (χ2v) is 3.48. The predicted molar refractivity (Wildman–Crippen MR) is 61.8 cm³/mol. The summed E-state index contributed by atoms with van der Waals surface area (Å²) in [6, 6.07) is -0.260. The van der Waals surface area contributed by atoms with E-state index in [0.717, 1.165) is 25.7 Å². The summed E-state index contributed by atoms with van der Waals surface area (Å²) in [5.74, 6) is -0.183. The summed E-state index contributed by atoms with van der Waals surface area (Å²) in [5.41, 5.74) is 5.33. The van der Waals surface area contributed by atoms with Crippen LogP contribution in [-0.4, -0.2) is 30.0 Å². The number of amides is 2. The van der Waals surface area contributed by atoms with Gasteiger partial charge in [-0.05, 0) is 12.8 Å². The van der Waals surface area contributed by atoms with E-state index in [1.807, 2.05) is 6.92 Å². The predicted octanol–water partition coefficient (Wildman–Crippen LogP) is 1.49. The van der Waals surface area contributed by atoms with Gasteiger partial charge in [-0.1, -0.05) is 26.7 Å². The Hall–Kier alpha value is -1.26. The van der Waals surface area contributed by atoms with E-state index < -0.39 is 0 Å². The minimum absolute atomic E-state index is 0.183. The molecule has 5 nitrogen and oxygen atoms in total. The standard InChI is InChI=1S/C10H22N4O/c1-3-5-7-13-10(15)14(9(11)12)8-6-4-2/h3-8H2,1-2H3,(H3,11,12)(H,13,15). The van der Waals surface area contributed by atoms with Crippen molar-refractivity contribution in [1.29, 1.82) is 5.41 Å². The molecule has 0 atom stereocenters. The topological polar surface area (TPSA) is 82.2 Å². The summed E-state index contributed by atoms with van der Waals surface area (Å²) < 4.78 is 0. The van der Waals surface area contributed by atoms with Gasteiger partial charge in [-0.2, -0.15) is 0 Å². The number of hydrogen-bond donors (Lipinski definition) is 3. The fraction of sp³-hybridized carbons (Fsp3) is 0.800. The van der Waals surface area contributed by atoms with Crippen LogP contribution in [-0.2, 0) is 0 Å². The van der Waals surface area contributed by atoms with Gasteiger partial charge in [0.05, 0.1) is 0 Å². The molecule has 0 aromatic heterocycles. The Bertz CT molecular complexity index is 206. The Labute approximate surface area is 91.5 Å². The van der Waals surface area contributed by atoms with Crippen LogP contribution in [0.15, 0.2) is 0 Å². The molecule has 0 fully saturated rings. The number of carbonyl (C=O) groups is 1. The molecule has 88 valence electrons. The maximum atomic E-state index is 11.6. The first kappa shape index (κ1) is 13.7. The highest BCUT2D eigenvalue weighted by atomic mass is 16.2. The number of hydrogen-bond acceptors (Lipinski definition) is 2. The largest absolute Gasteiger partial charge is 0.370 e. The summed E-state index contributed by atoms with van der Waals surface area (Å²) in [6.07, 6.45) is 3.83. The first-order valence-electron chi connectivity index (χ1n) is 5.52. The third kappa shape index (κ3) is 5.93. The summed E-state index contributed by atoms with van der Waals surface area (Å²) in [7, 11) is 0. The van der Waals surface area contributed by atoms with Crippen LogP contribution in [0.3, 0.4) is 0 Å². The van der Waals surface area contributed by atoms with Gasteiger partial charge in [0.15, 0.2) is 5.96 Å². The van der Waals surface area contributed by atoms with E-state index in [1.165, 1.54) is 4.90 Å². The minimum atomic E-state index is -0.260. The van der Waals surface area contributed by atoms with Crippen LogP contribution in [0.1, 0.15) is 39.5 Å². The van der Waals surface area contributed by atoms with Crippen molar-refractivity contribution < 1.29 is 4.79 Å². The van der Waals surface area contributed by atoms with Gasteiger partial charge < -0.3 is 11.1 Å². The Morgan fingerprint density at radius 3 is 2.40 bits per heavy atom. The number of guanidine groups is 1. The summed E-state index contributed by atoms with van der Waals surface area (Å²) in [5, 5.41) is 10.0. The Morgan fingerprint density at radius 1 is 1.33 bits per heavy atom. The smallest absolute Gasteiger partial charge is 0.324 e. The first-order chi connectivity index (χ1) is 7.13. The van der Waals surface area contributed by atoms with Crippen molar-refractivity contribution in [3.8, 4) is 0 Å². The third-order valence-corrected chi connectivity index (χ3v) is 2.08. The molecule has 0 saturated carbocycles. The van der Waals surface area contributed by atoms with E-state index in [2.05, 4.69) is 12.2 Å². The van der Waals surface area contributed by atoms with Crippen molar-refractivity contribution in [3.63, 3.8) is 0 Å². The first-order valence-corrected chi connectivity index (χ1v) is 5.52. The molecule has 0 bridgehead atoms. The highest BCUT2D eigenvalue weighted by Gasteiger charge is 2.14. The van der Waals surface area contributed by atoms with Gasteiger partial charge >= 0.3 is 6.03 Å². The zero-order valence-corrected chi connectivity index (χ0v) is 9.68. The lowest BCUT2D eigenvalue weighted by molar-refractivity contribution is 0.219. The van der Waals surface area contributed by atoms with Crippen LogP contribution < -0.4 is 11.1 Å². The third-order valence-electron chi connectivity index (χ3n) is 2.08. The molecule has 0 radical (unpaired) electrons. The van der Waals surface area contributed by atoms with Crippen LogP contribution in [0, 0.1) is 5.41 Å². The molecule has 5 heteroatoms. The van der Waals surface area contributed by atoms with E-state index in [1.54, 1.807) is 0 Å². The van der Waals surface area contributed by atoms with Gasteiger partial charge in [0.25, 0.3) is 0 Å². The number of unbranched alkanes of at least 4 members (excludes halogenated alkanes) is 2. The van der Waals surface area contributed by atoms with E-state index in [-0.39, 0.29) is 12.0 Å². The summed E-state index contributed by atoms with van der Waals surface area (Å²) in [4.78, 5) is 12.8. The fourth-order valence-corrected chi connectivity index (χ4v) is 1.12. The monoisotopic (exact) mass is 214 g/mol. The van der Waals surface area contributed by atoms with Crippen molar-refractivity contribution >= 4 is 12.0 Å². The van der Waals surface area contributed by atoms with Crippen molar-refractivity contribution in [3.05, 3.63) is 0 Å². The normalized spacial score (nSPS) is 9.73. The molecule has 0 aromatic rings. The van der Waals surface area contributed by atoms with E-state index in [0.29, 0.717) is 13.1 Å². The highest BCUT2D eigenvalue weighted by Crippen LogP contribution is 1.95. The Morgan fingerprint density at radius 2 is 1.93 bits per heavy atom. The molecule has 0 saturated heterocycles. The molecule has 0 rings (SSSR count). The molecule has 2 amide bonds. The Kier molecular flexibility index (Phi) is 7.40. The molecule has 0 heterocycles. The average Bonchev–Trinajstić information content (AvgIpc) is 2.18. The molecule has 0 unspecified atom stereocenters. The quantitative estimate of drug-likeness (QED) is 0.355. The van der Waals surface area contributed by atoms with Crippen LogP contribution >= 0.6 is 0 Å². The van der Waals surface area contributed by atoms with E-state index in [4.69, 9.17) is 11.1 Å². The van der Waals surface area contributed by atoms with Gasteiger partial charge in [0, 0.05) is 13.1 Å². The van der Waals surface area contributed by atoms with Crippen molar-refractivity contribution in [2.75, 3.05) is 13.1 Å². The molecule has 0 aliphatic rings. The molecule has 0 aliphatic carbocycles. The molecule has 0 spiro atoms. The number of urea groups is 1. The number of nitrogens with zero attached hydrogens (tertiary/aromatic N) is 1. The number of rotatable bonds is 6. The average molecular weight is 214 g/mol. The molecule has 0 aromatic carbocycles. The van der Waals surface area contributed by atoms with Gasteiger partial charge in [0.2, 0.25) is 0 Å². The van der Waals surface area contributed by atoms with Crippen LogP contribution in [0.4, 0.5) is 4.79 Å².